The minimum atomic E-state index is -1.04. The normalized spacial score (nSPS) is 14.9. The van der Waals surface area contributed by atoms with Crippen LogP contribution in [0.4, 0.5) is 0 Å². The highest BCUT2D eigenvalue weighted by molar-refractivity contribution is 7.07. The van der Waals surface area contributed by atoms with Crippen LogP contribution < -0.4 is 39.4 Å². The molecule has 1 atom stereocenters. The van der Waals surface area contributed by atoms with E-state index in [0.717, 1.165) is 15.9 Å². The highest BCUT2D eigenvalue weighted by atomic mass is 32.1. The Morgan fingerprint density at radius 1 is 0.800 bits per heavy atom. The van der Waals surface area contributed by atoms with Crippen molar-refractivity contribution in [2.75, 3.05) is 42.7 Å². The highest BCUT2D eigenvalue weighted by Gasteiger charge is 2.40. The maximum absolute atomic E-state index is 13.7. The van der Waals surface area contributed by atoms with E-state index in [1.165, 1.54) is 42.7 Å². The van der Waals surface area contributed by atoms with Gasteiger partial charge in [0.25, 0.3) is 5.56 Å². The topological polar surface area (TPSA) is 138 Å². The number of methoxy groups -OCH3 is 6. The molecule has 2 N–H and O–H groups in total. The molecule has 0 fully saturated rings. The van der Waals surface area contributed by atoms with Crippen LogP contribution in [0.2, 0.25) is 0 Å². The van der Waals surface area contributed by atoms with E-state index < -0.39 is 23.4 Å². The monoisotopic (exact) mass is 568 g/mol. The third-order valence-electron chi connectivity index (χ3n) is 6.41. The SMILES string of the molecule is COC(=O)C1=C(N)n2c(s/c(=C/c3ccc(OC)c(OC)c3)c2=O)=C(C(=O)OC)[C@H]1c1ccc(OC)c(OC)c1. The summed E-state index contributed by atoms with van der Waals surface area (Å²) in [5.74, 6) is -0.957. The van der Waals surface area contributed by atoms with Crippen LogP contribution in [-0.4, -0.2) is 59.2 Å². The second-order valence-corrected chi connectivity index (χ2v) is 9.44. The molecule has 0 saturated carbocycles. The number of nitrogens with zero attached hydrogens (tertiary/aromatic N) is 1. The van der Waals surface area contributed by atoms with E-state index >= 15 is 0 Å². The number of benzene rings is 2. The Morgan fingerprint density at radius 3 is 1.93 bits per heavy atom. The molecule has 0 spiro atoms. The molecule has 210 valence electrons. The number of esters is 2. The van der Waals surface area contributed by atoms with Crippen molar-refractivity contribution in [1.29, 1.82) is 0 Å². The summed E-state index contributed by atoms with van der Waals surface area (Å²) in [4.78, 5) is 40.1. The van der Waals surface area contributed by atoms with Crippen LogP contribution in [0.5, 0.6) is 23.0 Å². The fraction of sp³-hybridized carbons (Fsp3) is 0.250. The van der Waals surface area contributed by atoms with Crippen LogP contribution in [0.3, 0.4) is 0 Å². The van der Waals surface area contributed by atoms with Gasteiger partial charge in [0.15, 0.2) is 23.0 Å². The number of carbonyl (C=O) groups is 2. The number of hydrogen-bond donors (Lipinski definition) is 1. The third kappa shape index (κ3) is 4.77. The summed E-state index contributed by atoms with van der Waals surface area (Å²) in [6, 6.07) is 10.1. The van der Waals surface area contributed by atoms with Gasteiger partial charge in [-0.3, -0.25) is 9.36 Å². The molecule has 1 aliphatic rings. The summed E-state index contributed by atoms with van der Waals surface area (Å²) < 4.78 is 33.2. The Bertz CT molecular complexity index is 1700. The number of carbonyl (C=O) groups excluding carboxylic acids is 2. The molecule has 2 heterocycles. The molecular formula is C28H28N2O9S. The summed E-state index contributed by atoms with van der Waals surface area (Å²) in [6.45, 7) is 0. The van der Waals surface area contributed by atoms with Crippen LogP contribution in [0.1, 0.15) is 17.0 Å². The predicted molar refractivity (Wildman–Crippen MR) is 148 cm³/mol. The molecule has 0 radical (unpaired) electrons. The van der Waals surface area contributed by atoms with Crippen molar-refractivity contribution in [2.45, 2.75) is 5.92 Å². The van der Waals surface area contributed by atoms with Crippen LogP contribution in [-0.2, 0) is 19.1 Å². The van der Waals surface area contributed by atoms with E-state index in [0.29, 0.717) is 34.1 Å². The first kappa shape index (κ1) is 28.3. The molecule has 0 amide bonds. The molecular weight excluding hydrogens is 540 g/mol. The van der Waals surface area contributed by atoms with Gasteiger partial charge in [-0.15, -0.1) is 11.3 Å². The second-order valence-electron chi connectivity index (χ2n) is 8.41. The summed E-state index contributed by atoms with van der Waals surface area (Å²) in [7, 11) is 8.39. The summed E-state index contributed by atoms with van der Waals surface area (Å²) in [6.07, 6.45) is 1.63. The fourth-order valence-corrected chi connectivity index (χ4v) is 5.69. The minimum absolute atomic E-state index is 0.0402. The Labute approximate surface area is 233 Å². The van der Waals surface area contributed by atoms with Gasteiger partial charge in [0.05, 0.1) is 64.3 Å². The molecule has 12 heteroatoms. The zero-order chi connectivity index (χ0) is 29.1. The van der Waals surface area contributed by atoms with Gasteiger partial charge in [-0.05, 0) is 41.5 Å². The zero-order valence-electron chi connectivity index (χ0n) is 22.7. The maximum atomic E-state index is 13.7. The van der Waals surface area contributed by atoms with E-state index in [-0.39, 0.29) is 26.2 Å². The van der Waals surface area contributed by atoms with Gasteiger partial charge >= 0.3 is 11.9 Å². The first-order chi connectivity index (χ1) is 19.2. The molecule has 0 unspecified atom stereocenters. The lowest BCUT2D eigenvalue weighted by Gasteiger charge is -2.27. The smallest absolute Gasteiger partial charge is 0.338 e. The zero-order valence-corrected chi connectivity index (χ0v) is 23.5. The van der Waals surface area contributed by atoms with Crippen molar-refractivity contribution in [1.82, 2.24) is 4.57 Å². The standard InChI is InChI=1S/C28H28N2O9S/c1-34-16-9-7-14(11-18(16)36-3)12-20-25(31)30-24(29)22(27(32)38-5)21(23(26(30)40-20)28(33)39-6)15-8-10-17(35-2)19(13-15)37-4/h7-13,21H,29H2,1-6H3/b20-12+/t21-/m0/s1. The van der Waals surface area contributed by atoms with Gasteiger partial charge in [-0.1, -0.05) is 12.1 Å². The average molecular weight is 569 g/mol. The number of thiazole rings is 1. The second kappa shape index (κ2) is 11.6. The van der Waals surface area contributed by atoms with Gasteiger partial charge in [0, 0.05) is 0 Å². The van der Waals surface area contributed by atoms with E-state index in [9.17, 15) is 14.4 Å². The Morgan fingerprint density at radius 2 is 1.35 bits per heavy atom. The lowest BCUT2D eigenvalue weighted by molar-refractivity contribution is -0.136. The molecule has 0 aliphatic carbocycles. The number of fused-ring (bicyclic) bond motifs is 1. The van der Waals surface area contributed by atoms with Crippen molar-refractivity contribution in [2.24, 2.45) is 5.73 Å². The van der Waals surface area contributed by atoms with Crippen LogP contribution in [0.25, 0.3) is 17.5 Å². The molecule has 2 aromatic carbocycles. The van der Waals surface area contributed by atoms with E-state index in [2.05, 4.69) is 0 Å². The largest absolute Gasteiger partial charge is 0.493 e. The average Bonchev–Trinajstić information content (AvgIpc) is 3.30. The molecule has 40 heavy (non-hydrogen) atoms. The van der Waals surface area contributed by atoms with E-state index in [4.69, 9.17) is 34.2 Å². The first-order valence-corrected chi connectivity index (χ1v) is 12.6. The first-order valence-electron chi connectivity index (χ1n) is 11.8. The predicted octanol–water partition coefficient (Wildman–Crippen LogP) is 1.19. The summed E-state index contributed by atoms with van der Waals surface area (Å²) >= 11 is 1.04. The lowest BCUT2D eigenvalue weighted by Crippen LogP contribution is -2.41. The number of hydrogen-bond acceptors (Lipinski definition) is 11. The summed E-state index contributed by atoms with van der Waals surface area (Å²) in [5.41, 5.74) is 7.02. The third-order valence-corrected chi connectivity index (χ3v) is 7.51. The van der Waals surface area contributed by atoms with Crippen molar-refractivity contribution >= 4 is 40.7 Å². The molecule has 0 bridgehead atoms. The Balaban J connectivity index is 2.09. The number of aromatic nitrogens is 1. The maximum Gasteiger partial charge on any atom is 0.338 e. The molecule has 0 saturated heterocycles. The molecule has 3 aromatic rings. The van der Waals surface area contributed by atoms with E-state index in [1.54, 1.807) is 42.5 Å². The quantitative estimate of drug-likeness (QED) is 0.395. The number of rotatable bonds is 8. The van der Waals surface area contributed by atoms with E-state index in [1.807, 2.05) is 0 Å². The van der Waals surface area contributed by atoms with Crippen molar-refractivity contribution < 1.29 is 38.0 Å². The van der Waals surface area contributed by atoms with Gasteiger partial charge in [-0.25, -0.2) is 9.59 Å². The van der Waals surface area contributed by atoms with Gasteiger partial charge < -0.3 is 34.2 Å². The molecule has 1 aliphatic heterocycles. The van der Waals surface area contributed by atoms with Crippen LogP contribution in [0, 0.1) is 0 Å². The molecule has 4 rings (SSSR count). The highest BCUT2D eigenvalue weighted by Crippen LogP contribution is 2.40. The number of ether oxygens (including phenoxy) is 6. The minimum Gasteiger partial charge on any atom is -0.493 e. The van der Waals surface area contributed by atoms with Gasteiger partial charge in [0.1, 0.15) is 10.5 Å². The van der Waals surface area contributed by atoms with Crippen molar-refractivity contribution in [3.63, 3.8) is 0 Å². The number of nitrogens with two attached hydrogens (primary N) is 1. The van der Waals surface area contributed by atoms with Crippen LogP contribution in [0.15, 0.2) is 46.8 Å². The molecule has 1 aromatic heterocycles. The van der Waals surface area contributed by atoms with Gasteiger partial charge in [0.2, 0.25) is 0 Å². The summed E-state index contributed by atoms with van der Waals surface area (Å²) in [5, 5.41) is 0. The fourth-order valence-electron chi connectivity index (χ4n) is 4.52. The van der Waals surface area contributed by atoms with Crippen molar-refractivity contribution in [3.05, 3.63) is 72.6 Å². The van der Waals surface area contributed by atoms with Gasteiger partial charge in [-0.2, -0.15) is 0 Å². The molecule has 11 nitrogen and oxygen atoms in total. The lowest BCUT2D eigenvalue weighted by atomic mass is 9.83. The Hall–Kier alpha value is -4.71. The van der Waals surface area contributed by atoms with Crippen LogP contribution >= 0.6 is 11.3 Å². The van der Waals surface area contributed by atoms with Crippen molar-refractivity contribution in [3.8, 4) is 23.0 Å². The Kier molecular flexibility index (Phi) is 8.19.